The van der Waals surface area contributed by atoms with E-state index in [4.69, 9.17) is 10.00 Å². The van der Waals surface area contributed by atoms with Crippen LogP contribution in [-0.4, -0.2) is 16.2 Å². The molecule has 1 rings (SSSR count). The second-order valence-corrected chi connectivity index (χ2v) is 3.34. The lowest BCUT2D eigenvalue weighted by Gasteiger charge is -2.13. The summed E-state index contributed by atoms with van der Waals surface area (Å²) in [5.74, 6) is 0.940. The van der Waals surface area contributed by atoms with Crippen molar-refractivity contribution in [3.63, 3.8) is 0 Å². The number of hydrogen-bond acceptors (Lipinski definition) is 3. The molecule has 0 radical (unpaired) electrons. The molecular formula is C11H17N3O. The fraction of sp³-hybridized carbons (Fsp3) is 0.636. The standard InChI is InChI=1S/C11H17N3O/c1-3-15-10(2)11-13-7-9-14(11)8-5-4-6-12/h7,9-10H,3-5,8H2,1-2H3. The molecule has 15 heavy (non-hydrogen) atoms. The van der Waals surface area contributed by atoms with Crippen molar-refractivity contribution in [1.29, 1.82) is 5.26 Å². The van der Waals surface area contributed by atoms with E-state index in [-0.39, 0.29) is 6.10 Å². The van der Waals surface area contributed by atoms with Gasteiger partial charge in [0.2, 0.25) is 0 Å². The first-order valence-electron chi connectivity index (χ1n) is 5.29. The third kappa shape index (κ3) is 3.37. The number of hydrogen-bond donors (Lipinski definition) is 0. The number of aryl methyl sites for hydroxylation is 1. The Morgan fingerprint density at radius 1 is 1.67 bits per heavy atom. The van der Waals surface area contributed by atoms with Crippen LogP contribution in [0.5, 0.6) is 0 Å². The SMILES string of the molecule is CCOC(C)c1nccn1CCCC#N. The zero-order valence-electron chi connectivity index (χ0n) is 9.31. The molecule has 0 fully saturated rings. The third-order valence-corrected chi connectivity index (χ3v) is 2.22. The van der Waals surface area contributed by atoms with Gasteiger partial charge in [0, 0.05) is 32.0 Å². The molecule has 82 valence electrons. The zero-order valence-corrected chi connectivity index (χ0v) is 9.31. The van der Waals surface area contributed by atoms with Crippen LogP contribution in [0.2, 0.25) is 0 Å². The lowest BCUT2D eigenvalue weighted by Crippen LogP contribution is -2.09. The van der Waals surface area contributed by atoms with Crippen molar-refractivity contribution in [2.45, 2.75) is 39.3 Å². The van der Waals surface area contributed by atoms with E-state index < -0.39 is 0 Å². The topological polar surface area (TPSA) is 50.8 Å². The predicted molar refractivity (Wildman–Crippen MR) is 57.1 cm³/mol. The first-order valence-corrected chi connectivity index (χ1v) is 5.29. The minimum absolute atomic E-state index is 0.0204. The molecule has 1 aromatic heterocycles. The molecule has 0 aromatic carbocycles. The highest BCUT2D eigenvalue weighted by Crippen LogP contribution is 2.14. The molecule has 4 heteroatoms. The summed E-state index contributed by atoms with van der Waals surface area (Å²) >= 11 is 0. The van der Waals surface area contributed by atoms with Crippen molar-refractivity contribution in [1.82, 2.24) is 9.55 Å². The molecule has 0 aliphatic carbocycles. The Labute approximate surface area is 90.5 Å². The lowest BCUT2D eigenvalue weighted by molar-refractivity contribution is 0.0674. The minimum Gasteiger partial charge on any atom is -0.371 e. The van der Waals surface area contributed by atoms with Crippen LogP contribution in [0, 0.1) is 11.3 Å². The molecule has 0 saturated carbocycles. The van der Waals surface area contributed by atoms with Gasteiger partial charge in [-0.1, -0.05) is 0 Å². The van der Waals surface area contributed by atoms with Crippen LogP contribution < -0.4 is 0 Å². The number of nitrogens with zero attached hydrogens (tertiary/aromatic N) is 3. The molecule has 1 atom stereocenters. The van der Waals surface area contributed by atoms with Crippen molar-refractivity contribution < 1.29 is 4.74 Å². The summed E-state index contributed by atoms with van der Waals surface area (Å²) in [5, 5.41) is 8.46. The van der Waals surface area contributed by atoms with Crippen LogP contribution in [0.4, 0.5) is 0 Å². The van der Waals surface area contributed by atoms with Gasteiger partial charge in [-0.15, -0.1) is 0 Å². The monoisotopic (exact) mass is 207 g/mol. The van der Waals surface area contributed by atoms with Gasteiger partial charge >= 0.3 is 0 Å². The fourth-order valence-corrected chi connectivity index (χ4v) is 1.52. The predicted octanol–water partition coefficient (Wildman–Crippen LogP) is 2.28. The van der Waals surface area contributed by atoms with Crippen molar-refractivity contribution in [3.8, 4) is 6.07 Å². The average Bonchev–Trinajstić information content (AvgIpc) is 2.67. The first-order chi connectivity index (χ1) is 7.29. The van der Waals surface area contributed by atoms with Gasteiger partial charge < -0.3 is 9.30 Å². The molecular weight excluding hydrogens is 190 g/mol. The van der Waals surface area contributed by atoms with Crippen molar-refractivity contribution in [2.75, 3.05) is 6.61 Å². The minimum atomic E-state index is 0.0204. The van der Waals surface area contributed by atoms with E-state index in [1.165, 1.54) is 0 Å². The van der Waals surface area contributed by atoms with Crippen molar-refractivity contribution in [3.05, 3.63) is 18.2 Å². The zero-order chi connectivity index (χ0) is 11.1. The molecule has 0 bridgehead atoms. The van der Waals surface area contributed by atoms with Gasteiger partial charge in [-0.3, -0.25) is 0 Å². The van der Waals surface area contributed by atoms with Gasteiger partial charge in [0.05, 0.1) is 6.07 Å². The maximum Gasteiger partial charge on any atom is 0.137 e. The average molecular weight is 207 g/mol. The largest absolute Gasteiger partial charge is 0.371 e. The van der Waals surface area contributed by atoms with E-state index in [1.54, 1.807) is 6.20 Å². The highest BCUT2D eigenvalue weighted by Gasteiger charge is 2.10. The van der Waals surface area contributed by atoms with Crippen LogP contribution >= 0.6 is 0 Å². The molecule has 1 unspecified atom stereocenters. The number of unbranched alkanes of at least 4 members (excludes halogenated alkanes) is 1. The number of nitriles is 1. The van der Waals surface area contributed by atoms with Gasteiger partial charge in [0.25, 0.3) is 0 Å². The number of imidazole rings is 1. The van der Waals surface area contributed by atoms with Gasteiger partial charge in [-0.2, -0.15) is 5.26 Å². The molecule has 1 aromatic rings. The van der Waals surface area contributed by atoms with Crippen LogP contribution in [0.1, 0.15) is 38.6 Å². The van der Waals surface area contributed by atoms with E-state index in [2.05, 4.69) is 15.6 Å². The highest BCUT2D eigenvalue weighted by atomic mass is 16.5. The summed E-state index contributed by atoms with van der Waals surface area (Å²) < 4.78 is 7.54. The maximum absolute atomic E-state index is 8.46. The maximum atomic E-state index is 8.46. The van der Waals surface area contributed by atoms with Gasteiger partial charge in [-0.05, 0) is 20.3 Å². The summed E-state index contributed by atoms with van der Waals surface area (Å²) in [6.45, 7) is 5.48. The third-order valence-electron chi connectivity index (χ3n) is 2.22. The Morgan fingerprint density at radius 3 is 3.13 bits per heavy atom. The van der Waals surface area contributed by atoms with E-state index in [1.807, 2.05) is 20.0 Å². The summed E-state index contributed by atoms with van der Waals surface area (Å²) in [6.07, 6.45) is 5.17. The summed E-state index contributed by atoms with van der Waals surface area (Å²) in [6, 6.07) is 2.14. The fourth-order valence-electron chi connectivity index (χ4n) is 1.52. The van der Waals surface area contributed by atoms with E-state index >= 15 is 0 Å². The Bertz CT molecular complexity index is 327. The number of rotatable bonds is 6. The van der Waals surface area contributed by atoms with Gasteiger partial charge in [-0.25, -0.2) is 4.98 Å². The summed E-state index contributed by atoms with van der Waals surface area (Å²) in [7, 11) is 0. The lowest BCUT2D eigenvalue weighted by atomic mass is 10.3. The van der Waals surface area contributed by atoms with Crippen LogP contribution in [-0.2, 0) is 11.3 Å². The van der Waals surface area contributed by atoms with Crippen molar-refractivity contribution >= 4 is 0 Å². The molecule has 0 spiro atoms. The normalized spacial score (nSPS) is 12.3. The Morgan fingerprint density at radius 2 is 2.47 bits per heavy atom. The molecule has 0 amide bonds. The summed E-state index contributed by atoms with van der Waals surface area (Å²) in [5.41, 5.74) is 0. The summed E-state index contributed by atoms with van der Waals surface area (Å²) in [4.78, 5) is 4.27. The van der Waals surface area contributed by atoms with Crippen LogP contribution in [0.25, 0.3) is 0 Å². The second kappa shape index (κ2) is 6.20. The molecule has 0 N–H and O–H groups in total. The Balaban J connectivity index is 2.57. The second-order valence-electron chi connectivity index (χ2n) is 3.34. The highest BCUT2D eigenvalue weighted by molar-refractivity contribution is 4.95. The first kappa shape index (κ1) is 11.7. The van der Waals surface area contributed by atoms with E-state index in [9.17, 15) is 0 Å². The molecule has 1 heterocycles. The van der Waals surface area contributed by atoms with Crippen LogP contribution in [0.3, 0.4) is 0 Å². The van der Waals surface area contributed by atoms with E-state index in [0.717, 1.165) is 18.8 Å². The molecule has 0 aliphatic rings. The van der Waals surface area contributed by atoms with Gasteiger partial charge in [0.1, 0.15) is 11.9 Å². The Kier molecular flexibility index (Phi) is 4.85. The number of ether oxygens (including phenoxy) is 1. The van der Waals surface area contributed by atoms with Crippen LogP contribution in [0.15, 0.2) is 12.4 Å². The van der Waals surface area contributed by atoms with E-state index in [0.29, 0.717) is 13.0 Å². The smallest absolute Gasteiger partial charge is 0.137 e. The Hall–Kier alpha value is -1.34. The van der Waals surface area contributed by atoms with Crippen molar-refractivity contribution in [2.24, 2.45) is 0 Å². The molecule has 0 saturated heterocycles. The quantitative estimate of drug-likeness (QED) is 0.672. The molecule has 4 nitrogen and oxygen atoms in total. The van der Waals surface area contributed by atoms with Gasteiger partial charge in [0.15, 0.2) is 0 Å². The molecule has 0 aliphatic heterocycles. The number of aromatic nitrogens is 2.